The molecule has 0 aliphatic carbocycles. The summed E-state index contributed by atoms with van der Waals surface area (Å²) in [5, 5.41) is 11.0. The lowest BCUT2D eigenvalue weighted by Crippen LogP contribution is -2.29. The van der Waals surface area contributed by atoms with E-state index >= 15 is 0 Å². The summed E-state index contributed by atoms with van der Waals surface area (Å²) in [4.78, 5) is 26.1. The van der Waals surface area contributed by atoms with E-state index in [0.29, 0.717) is 5.56 Å². The second kappa shape index (κ2) is 6.80. The van der Waals surface area contributed by atoms with E-state index in [9.17, 15) is 18.0 Å². The van der Waals surface area contributed by atoms with Gasteiger partial charge in [-0.25, -0.2) is 13.2 Å². The quantitative estimate of drug-likeness (QED) is 0.712. The summed E-state index contributed by atoms with van der Waals surface area (Å²) in [7, 11) is -3.15. The Morgan fingerprint density at radius 2 is 2.15 bits per heavy atom. The number of carboxylic acids is 1. The average molecular weight is 298 g/mol. The highest BCUT2D eigenvalue weighted by Gasteiger charge is 2.10. The largest absolute Gasteiger partial charge is 0.478 e. The predicted octanol–water partition coefficient (Wildman–Crippen LogP) is -0.0462. The van der Waals surface area contributed by atoms with E-state index in [2.05, 4.69) is 10.3 Å². The number of amides is 1. The van der Waals surface area contributed by atoms with Crippen molar-refractivity contribution in [1.29, 1.82) is 0 Å². The van der Waals surface area contributed by atoms with Gasteiger partial charge in [-0.15, -0.1) is 0 Å². The van der Waals surface area contributed by atoms with Crippen molar-refractivity contribution in [2.45, 2.75) is 0 Å². The molecule has 0 aliphatic heterocycles. The minimum absolute atomic E-state index is 0.0118. The number of aromatic nitrogens is 1. The number of nitrogens with one attached hydrogen (secondary N) is 1. The molecule has 0 spiro atoms. The van der Waals surface area contributed by atoms with Gasteiger partial charge in [0.15, 0.2) is 0 Å². The van der Waals surface area contributed by atoms with Gasteiger partial charge in [-0.1, -0.05) is 0 Å². The van der Waals surface area contributed by atoms with E-state index in [4.69, 9.17) is 5.11 Å². The van der Waals surface area contributed by atoms with Gasteiger partial charge in [0.05, 0.1) is 5.75 Å². The highest BCUT2D eigenvalue weighted by Crippen LogP contribution is 2.09. The molecule has 0 bridgehead atoms. The number of carbonyl (C=O) groups is 2. The zero-order valence-corrected chi connectivity index (χ0v) is 11.6. The monoisotopic (exact) mass is 298 g/mol. The summed E-state index contributed by atoms with van der Waals surface area (Å²) >= 11 is 0. The van der Waals surface area contributed by atoms with Gasteiger partial charge in [0.25, 0.3) is 5.91 Å². The Balaban J connectivity index is 2.80. The normalized spacial score (nSPS) is 11.4. The molecule has 8 heteroatoms. The molecule has 2 N–H and O–H groups in total. The van der Waals surface area contributed by atoms with E-state index in [1.807, 2.05) is 0 Å². The molecule has 20 heavy (non-hydrogen) atoms. The van der Waals surface area contributed by atoms with Gasteiger partial charge in [0.2, 0.25) is 0 Å². The van der Waals surface area contributed by atoms with Crippen LogP contribution in [0.15, 0.2) is 24.5 Å². The number of pyridine rings is 1. The number of hydrogen-bond donors (Lipinski definition) is 2. The van der Waals surface area contributed by atoms with E-state index in [-0.39, 0.29) is 17.9 Å². The first-order valence-electron chi connectivity index (χ1n) is 5.60. The van der Waals surface area contributed by atoms with Crippen molar-refractivity contribution >= 4 is 27.8 Å². The minimum atomic E-state index is -3.15. The summed E-state index contributed by atoms with van der Waals surface area (Å²) in [5.41, 5.74) is 0.567. The molecule has 0 fully saturated rings. The molecule has 1 aromatic rings. The summed E-state index contributed by atoms with van der Waals surface area (Å²) < 4.78 is 21.9. The van der Waals surface area contributed by atoms with Crippen molar-refractivity contribution < 1.29 is 23.1 Å². The fraction of sp³-hybridized carbons (Fsp3) is 0.250. The van der Waals surface area contributed by atoms with Crippen LogP contribution in [0.1, 0.15) is 15.9 Å². The lowest BCUT2D eigenvalue weighted by Gasteiger charge is -2.06. The molecule has 7 nitrogen and oxygen atoms in total. The molecule has 1 rings (SSSR count). The maximum Gasteiger partial charge on any atom is 0.328 e. The highest BCUT2D eigenvalue weighted by molar-refractivity contribution is 7.90. The molecule has 0 atom stereocenters. The van der Waals surface area contributed by atoms with Crippen LogP contribution < -0.4 is 5.32 Å². The van der Waals surface area contributed by atoms with Crippen LogP contribution in [0.3, 0.4) is 0 Å². The van der Waals surface area contributed by atoms with Crippen molar-refractivity contribution in [2.75, 3.05) is 18.6 Å². The fourth-order valence-corrected chi connectivity index (χ4v) is 1.83. The molecule has 1 amide bonds. The van der Waals surface area contributed by atoms with Crippen LogP contribution in [-0.2, 0) is 14.6 Å². The van der Waals surface area contributed by atoms with Gasteiger partial charge < -0.3 is 10.4 Å². The van der Waals surface area contributed by atoms with Crippen LogP contribution in [-0.4, -0.2) is 48.9 Å². The number of carbonyl (C=O) groups excluding carboxylic acids is 1. The summed E-state index contributed by atoms with van der Waals surface area (Å²) in [6.07, 6.45) is 5.96. The van der Waals surface area contributed by atoms with Gasteiger partial charge >= 0.3 is 5.97 Å². The van der Waals surface area contributed by atoms with Gasteiger partial charge in [-0.2, -0.15) is 0 Å². The van der Waals surface area contributed by atoms with Crippen LogP contribution in [0.5, 0.6) is 0 Å². The number of aliphatic carboxylic acids is 1. The molecule has 0 saturated heterocycles. The molecule has 0 aliphatic rings. The third kappa shape index (κ3) is 5.61. The highest BCUT2D eigenvalue weighted by atomic mass is 32.2. The fourth-order valence-electron chi connectivity index (χ4n) is 1.35. The van der Waals surface area contributed by atoms with Crippen LogP contribution in [0.25, 0.3) is 6.08 Å². The van der Waals surface area contributed by atoms with Crippen molar-refractivity contribution in [1.82, 2.24) is 10.3 Å². The van der Waals surface area contributed by atoms with E-state index < -0.39 is 21.7 Å². The molecule has 1 aromatic heterocycles. The Morgan fingerprint density at radius 1 is 1.45 bits per heavy atom. The Labute approximate surface area is 116 Å². The number of carboxylic acid groups (broad SMARTS) is 1. The van der Waals surface area contributed by atoms with Crippen molar-refractivity contribution in [3.05, 3.63) is 35.7 Å². The maximum atomic E-state index is 11.9. The second-order valence-electron chi connectivity index (χ2n) is 4.02. The lowest BCUT2D eigenvalue weighted by molar-refractivity contribution is -0.131. The van der Waals surface area contributed by atoms with E-state index in [1.54, 1.807) is 0 Å². The molecule has 0 unspecified atom stereocenters. The van der Waals surface area contributed by atoms with E-state index in [1.165, 1.54) is 24.5 Å². The topological polar surface area (TPSA) is 113 Å². The van der Waals surface area contributed by atoms with Crippen molar-refractivity contribution in [3.63, 3.8) is 0 Å². The third-order valence-corrected chi connectivity index (χ3v) is 3.21. The van der Waals surface area contributed by atoms with Gasteiger partial charge in [-0.05, 0) is 12.1 Å². The molecular weight excluding hydrogens is 284 g/mol. The van der Waals surface area contributed by atoms with Crippen LogP contribution in [0, 0.1) is 0 Å². The molecule has 0 saturated carbocycles. The lowest BCUT2D eigenvalue weighted by atomic mass is 10.1. The number of rotatable bonds is 6. The second-order valence-corrected chi connectivity index (χ2v) is 6.28. The summed E-state index contributed by atoms with van der Waals surface area (Å²) in [5.74, 6) is -1.79. The average Bonchev–Trinajstić information content (AvgIpc) is 2.35. The first-order valence-corrected chi connectivity index (χ1v) is 7.66. The van der Waals surface area contributed by atoms with Gasteiger partial charge in [0.1, 0.15) is 9.84 Å². The number of nitrogens with zero attached hydrogens (tertiary/aromatic N) is 1. The Morgan fingerprint density at radius 3 is 2.75 bits per heavy atom. The Bertz CT molecular complexity index is 637. The Hall–Kier alpha value is -2.22. The van der Waals surface area contributed by atoms with Crippen molar-refractivity contribution in [2.24, 2.45) is 0 Å². The molecule has 1 heterocycles. The zero-order valence-electron chi connectivity index (χ0n) is 10.7. The third-order valence-electron chi connectivity index (χ3n) is 2.26. The van der Waals surface area contributed by atoms with Crippen LogP contribution in [0.4, 0.5) is 0 Å². The van der Waals surface area contributed by atoms with Crippen LogP contribution >= 0.6 is 0 Å². The molecular formula is C12H14N2O5S. The first-order chi connectivity index (χ1) is 9.29. The predicted molar refractivity (Wildman–Crippen MR) is 73.0 cm³/mol. The summed E-state index contributed by atoms with van der Waals surface area (Å²) in [6, 6.07) is 1.43. The number of hydrogen-bond acceptors (Lipinski definition) is 5. The smallest absolute Gasteiger partial charge is 0.328 e. The SMILES string of the molecule is CS(=O)(=O)CCNC(=O)c1ccncc1C=CC(=O)O. The molecule has 0 aromatic carbocycles. The molecule has 108 valence electrons. The first kappa shape index (κ1) is 15.8. The minimum Gasteiger partial charge on any atom is -0.478 e. The molecule has 0 radical (unpaired) electrons. The zero-order chi connectivity index (χ0) is 15.2. The van der Waals surface area contributed by atoms with E-state index in [0.717, 1.165) is 12.3 Å². The summed E-state index contributed by atoms with van der Waals surface area (Å²) in [6.45, 7) is -0.0118. The standard InChI is InChI=1S/C12H14N2O5S/c1-20(18,19)7-6-14-12(17)10-4-5-13-8-9(10)2-3-11(15)16/h2-5,8H,6-7H2,1H3,(H,14,17)(H,15,16). The Kier molecular flexibility index (Phi) is 5.39. The van der Waals surface area contributed by atoms with Crippen molar-refractivity contribution in [3.8, 4) is 0 Å². The van der Waals surface area contributed by atoms with Gasteiger partial charge in [-0.3, -0.25) is 9.78 Å². The maximum absolute atomic E-state index is 11.9. The number of sulfone groups is 1. The van der Waals surface area contributed by atoms with Crippen LogP contribution in [0.2, 0.25) is 0 Å². The van der Waals surface area contributed by atoms with Gasteiger partial charge in [0, 0.05) is 42.4 Å².